The molecule has 0 saturated carbocycles. The molecule has 164 valence electrons. The molecule has 0 aliphatic carbocycles. The fraction of sp³-hybridized carbons (Fsp3) is 0.167. The summed E-state index contributed by atoms with van der Waals surface area (Å²) in [5.41, 5.74) is 0.913. The first kappa shape index (κ1) is 21.5. The molecule has 2 aromatic carbocycles. The van der Waals surface area contributed by atoms with Crippen molar-refractivity contribution in [3.63, 3.8) is 0 Å². The van der Waals surface area contributed by atoms with Gasteiger partial charge in [0.2, 0.25) is 0 Å². The van der Waals surface area contributed by atoms with Gasteiger partial charge in [-0.1, -0.05) is 17.7 Å². The second-order valence-electron chi connectivity index (χ2n) is 7.13. The molecule has 4 rings (SSSR count). The van der Waals surface area contributed by atoms with Gasteiger partial charge in [-0.25, -0.2) is 0 Å². The number of aliphatic hydroxyl groups is 1. The van der Waals surface area contributed by atoms with Crippen LogP contribution in [0.25, 0.3) is 5.76 Å². The van der Waals surface area contributed by atoms with Gasteiger partial charge < -0.3 is 23.9 Å². The largest absolute Gasteiger partial charge is 0.507 e. The Morgan fingerprint density at radius 3 is 2.41 bits per heavy atom. The lowest BCUT2D eigenvalue weighted by atomic mass is 9.95. The van der Waals surface area contributed by atoms with Gasteiger partial charge in [0.25, 0.3) is 11.7 Å². The smallest absolute Gasteiger partial charge is 0.296 e. The van der Waals surface area contributed by atoms with Crippen molar-refractivity contribution in [1.29, 1.82) is 0 Å². The number of carbonyl (C=O) groups is 2. The number of ether oxygens (including phenoxy) is 2. The SMILES string of the molecule is COc1ccc(C2/C(=C(\O)c3ccc(Cl)cc3)C(=O)C(=O)N2Cc2ccco2)cc1OC. The zero-order chi connectivity index (χ0) is 22.8. The van der Waals surface area contributed by atoms with E-state index in [1.807, 2.05) is 0 Å². The highest BCUT2D eigenvalue weighted by Crippen LogP contribution is 2.42. The van der Waals surface area contributed by atoms with Gasteiger partial charge in [0.1, 0.15) is 11.5 Å². The van der Waals surface area contributed by atoms with Crippen LogP contribution in [0.5, 0.6) is 11.5 Å². The van der Waals surface area contributed by atoms with Crippen molar-refractivity contribution in [3.8, 4) is 11.5 Å². The number of rotatable bonds is 6. The summed E-state index contributed by atoms with van der Waals surface area (Å²) in [5.74, 6) is -0.386. The molecular formula is C24H20ClNO6. The van der Waals surface area contributed by atoms with Crippen molar-refractivity contribution in [2.45, 2.75) is 12.6 Å². The van der Waals surface area contributed by atoms with Crippen LogP contribution in [0.4, 0.5) is 0 Å². The molecule has 0 bridgehead atoms. The number of methoxy groups -OCH3 is 2. The molecule has 1 saturated heterocycles. The van der Waals surface area contributed by atoms with Gasteiger partial charge in [0.15, 0.2) is 11.5 Å². The molecule has 3 aromatic rings. The zero-order valence-electron chi connectivity index (χ0n) is 17.4. The van der Waals surface area contributed by atoms with E-state index in [9.17, 15) is 14.7 Å². The molecule has 32 heavy (non-hydrogen) atoms. The fourth-order valence-corrected chi connectivity index (χ4v) is 3.87. The van der Waals surface area contributed by atoms with Gasteiger partial charge in [-0.15, -0.1) is 0 Å². The number of carbonyl (C=O) groups excluding carboxylic acids is 2. The van der Waals surface area contributed by atoms with Crippen LogP contribution < -0.4 is 9.47 Å². The summed E-state index contributed by atoms with van der Waals surface area (Å²) in [6, 6.07) is 14.0. The molecule has 1 aliphatic heterocycles. The Morgan fingerprint density at radius 1 is 1.06 bits per heavy atom. The van der Waals surface area contributed by atoms with Gasteiger partial charge in [-0.3, -0.25) is 9.59 Å². The molecule has 1 amide bonds. The highest BCUT2D eigenvalue weighted by atomic mass is 35.5. The molecule has 0 spiro atoms. The van der Waals surface area contributed by atoms with Crippen LogP contribution in [0.2, 0.25) is 5.02 Å². The number of hydrogen-bond acceptors (Lipinski definition) is 6. The van der Waals surface area contributed by atoms with Crippen LogP contribution in [-0.2, 0) is 16.1 Å². The van der Waals surface area contributed by atoms with Crippen molar-refractivity contribution in [2.24, 2.45) is 0 Å². The number of furan rings is 1. The summed E-state index contributed by atoms with van der Waals surface area (Å²) in [4.78, 5) is 27.4. The quantitative estimate of drug-likeness (QED) is 0.334. The standard InChI is InChI=1S/C24H20ClNO6/c1-30-18-10-7-15(12-19(18)31-2)21-20(22(27)14-5-8-16(25)9-6-14)23(28)24(29)26(21)13-17-4-3-11-32-17/h3-12,21,27H,13H2,1-2H3/b22-20+. The average molecular weight is 454 g/mol. The molecule has 1 unspecified atom stereocenters. The van der Waals surface area contributed by atoms with Crippen molar-refractivity contribution in [1.82, 2.24) is 4.90 Å². The lowest BCUT2D eigenvalue weighted by molar-refractivity contribution is -0.140. The Morgan fingerprint density at radius 2 is 1.78 bits per heavy atom. The number of hydrogen-bond donors (Lipinski definition) is 1. The molecule has 2 heterocycles. The molecule has 0 radical (unpaired) electrons. The lowest BCUT2D eigenvalue weighted by Crippen LogP contribution is -2.29. The molecule has 1 N–H and O–H groups in total. The van der Waals surface area contributed by atoms with E-state index in [0.717, 1.165) is 0 Å². The monoisotopic (exact) mass is 453 g/mol. The van der Waals surface area contributed by atoms with Gasteiger partial charge >= 0.3 is 0 Å². The molecule has 8 heteroatoms. The molecule has 1 aliphatic rings. The number of benzene rings is 2. The van der Waals surface area contributed by atoms with Crippen LogP contribution in [0.15, 0.2) is 70.9 Å². The third kappa shape index (κ3) is 3.83. The van der Waals surface area contributed by atoms with E-state index in [1.165, 1.54) is 25.4 Å². The van der Waals surface area contributed by atoms with Gasteiger partial charge in [-0.2, -0.15) is 0 Å². The lowest BCUT2D eigenvalue weighted by Gasteiger charge is -2.25. The number of Topliss-reactive ketones (excluding diaryl/α,β-unsaturated/α-hetero) is 1. The summed E-state index contributed by atoms with van der Waals surface area (Å²) in [7, 11) is 3.01. The Labute approximate surface area is 189 Å². The Balaban J connectivity index is 1.89. The minimum absolute atomic E-state index is 0.0314. The number of nitrogens with zero attached hydrogens (tertiary/aromatic N) is 1. The Hall–Kier alpha value is -3.71. The van der Waals surface area contributed by atoms with Crippen molar-refractivity contribution >= 4 is 29.1 Å². The van der Waals surface area contributed by atoms with E-state index < -0.39 is 17.7 Å². The van der Waals surface area contributed by atoms with Crippen molar-refractivity contribution in [2.75, 3.05) is 14.2 Å². The number of halogens is 1. The van der Waals surface area contributed by atoms with E-state index in [-0.39, 0.29) is 17.9 Å². The first-order chi connectivity index (χ1) is 15.4. The summed E-state index contributed by atoms with van der Waals surface area (Å²) in [5, 5.41) is 11.5. The second kappa shape index (κ2) is 8.80. The number of aliphatic hydroxyl groups excluding tert-OH is 1. The highest BCUT2D eigenvalue weighted by Gasteiger charge is 2.46. The van der Waals surface area contributed by atoms with E-state index in [0.29, 0.717) is 33.4 Å². The maximum absolute atomic E-state index is 13.1. The third-order valence-electron chi connectivity index (χ3n) is 5.29. The zero-order valence-corrected chi connectivity index (χ0v) is 18.1. The van der Waals surface area contributed by atoms with Gasteiger partial charge in [0, 0.05) is 10.6 Å². The molecule has 1 aromatic heterocycles. The highest BCUT2D eigenvalue weighted by molar-refractivity contribution is 6.46. The topological polar surface area (TPSA) is 89.2 Å². The normalized spacial score (nSPS) is 17.6. The molecule has 1 fully saturated rings. The number of amides is 1. The maximum atomic E-state index is 13.1. The minimum atomic E-state index is -0.865. The first-order valence-corrected chi connectivity index (χ1v) is 10.1. The van der Waals surface area contributed by atoms with Crippen LogP contribution >= 0.6 is 11.6 Å². The predicted molar refractivity (Wildman–Crippen MR) is 118 cm³/mol. The van der Waals surface area contributed by atoms with E-state index in [2.05, 4.69) is 0 Å². The first-order valence-electron chi connectivity index (χ1n) is 9.73. The summed E-state index contributed by atoms with van der Waals surface area (Å²) < 4.78 is 16.1. The molecular weight excluding hydrogens is 434 g/mol. The summed E-state index contributed by atoms with van der Waals surface area (Å²) >= 11 is 5.95. The minimum Gasteiger partial charge on any atom is -0.507 e. The number of ketones is 1. The van der Waals surface area contributed by atoms with E-state index >= 15 is 0 Å². The maximum Gasteiger partial charge on any atom is 0.296 e. The fourth-order valence-electron chi connectivity index (χ4n) is 3.75. The predicted octanol–water partition coefficient (Wildman–Crippen LogP) is 4.57. The summed E-state index contributed by atoms with van der Waals surface area (Å²) in [6.07, 6.45) is 1.49. The van der Waals surface area contributed by atoms with Crippen LogP contribution in [0, 0.1) is 0 Å². The van der Waals surface area contributed by atoms with E-state index in [1.54, 1.807) is 54.6 Å². The van der Waals surface area contributed by atoms with Crippen LogP contribution in [0.1, 0.15) is 22.9 Å². The van der Waals surface area contributed by atoms with Crippen LogP contribution in [-0.4, -0.2) is 35.9 Å². The van der Waals surface area contributed by atoms with Crippen LogP contribution in [0.3, 0.4) is 0 Å². The second-order valence-corrected chi connectivity index (χ2v) is 7.56. The average Bonchev–Trinajstić information content (AvgIpc) is 3.41. The van der Waals surface area contributed by atoms with Gasteiger partial charge in [0.05, 0.1) is 38.6 Å². The molecule has 7 nitrogen and oxygen atoms in total. The Kier molecular flexibility index (Phi) is 5.92. The van der Waals surface area contributed by atoms with Crippen molar-refractivity contribution in [3.05, 3.63) is 88.3 Å². The number of likely N-dealkylation sites (tertiary alicyclic amines) is 1. The summed E-state index contributed by atoms with van der Waals surface area (Å²) in [6.45, 7) is 0.0496. The van der Waals surface area contributed by atoms with E-state index in [4.69, 9.17) is 25.5 Å². The molecule has 1 atom stereocenters. The third-order valence-corrected chi connectivity index (χ3v) is 5.54. The Bertz CT molecular complexity index is 1180. The van der Waals surface area contributed by atoms with Gasteiger partial charge in [-0.05, 0) is 54.1 Å². The van der Waals surface area contributed by atoms with Crippen molar-refractivity contribution < 1.29 is 28.6 Å².